The van der Waals surface area contributed by atoms with E-state index < -0.39 is 0 Å². The maximum atomic E-state index is 5.35. The van der Waals surface area contributed by atoms with E-state index >= 15 is 0 Å². The van der Waals surface area contributed by atoms with Crippen molar-refractivity contribution in [3.05, 3.63) is 48.0 Å². The molecular weight excluding hydrogens is 276 g/mol. The van der Waals surface area contributed by atoms with Gasteiger partial charge in [0, 0.05) is 24.0 Å². The van der Waals surface area contributed by atoms with Crippen molar-refractivity contribution in [1.82, 2.24) is 15.1 Å². The summed E-state index contributed by atoms with van der Waals surface area (Å²) in [4.78, 5) is 11.1. The number of fused-ring (bicyclic) bond motifs is 1. The summed E-state index contributed by atoms with van der Waals surface area (Å²) in [7, 11) is 2.00. The number of hydrogen-bond acceptors (Lipinski definition) is 5. The zero-order valence-electron chi connectivity index (χ0n) is 13.4. The fourth-order valence-corrected chi connectivity index (χ4v) is 2.28. The van der Waals surface area contributed by atoms with E-state index in [-0.39, 0.29) is 5.41 Å². The zero-order valence-corrected chi connectivity index (χ0v) is 13.4. The van der Waals surface area contributed by atoms with Gasteiger partial charge in [-0.2, -0.15) is 0 Å². The van der Waals surface area contributed by atoms with E-state index in [0.29, 0.717) is 6.54 Å². The Hall–Kier alpha value is -2.43. The third-order valence-corrected chi connectivity index (χ3v) is 3.54. The van der Waals surface area contributed by atoms with Crippen LogP contribution in [0.25, 0.3) is 11.0 Å². The molecule has 3 aromatic rings. The Labute approximate surface area is 130 Å². The van der Waals surface area contributed by atoms with Gasteiger partial charge < -0.3 is 9.42 Å². The highest BCUT2D eigenvalue weighted by Crippen LogP contribution is 2.23. The second kappa shape index (κ2) is 5.40. The van der Waals surface area contributed by atoms with Crippen LogP contribution in [0.4, 0.5) is 5.82 Å². The lowest BCUT2D eigenvalue weighted by Gasteiger charge is -2.21. The fourth-order valence-electron chi connectivity index (χ4n) is 2.28. The molecule has 0 spiro atoms. The average molecular weight is 296 g/mol. The summed E-state index contributed by atoms with van der Waals surface area (Å²) >= 11 is 0. The van der Waals surface area contributed by atoms with Crippen molar-refractivity contribution in [3.63, 3.8) is 0 Å². The molecule has 0 saturated carbocycles. The topological polar surface area (TPSA) is 55.1 Å². The second-order valence-corrected chi connectivity index (χ2v) is 6.47. The van der Waals surface area contributed by atoms with Gasteiger partial charge in [0.05, 0.1) is 6.54 Å². The van der Waals surface area contributed by atoms with Crippen LogP contribution in [-0.4, -0.2) is 22.2 Å². The molecule has 5 nitrogen and oxygen atoms in total. The van der Waals surface area contributed by atoms with Gasteiger partial charge in [-0.15, -0.1) is 0 Å². The van der Waals surface area contributed by atoms with Crippen LogP contribution in [0.5, 0.6) is 0 Å². The predicted molar refractivity (Wildman–Crippen MR) is 86.8 cm³/mol. The van der Waals surface area contributed by atoms with Crippen molar-refractivity contribution in [2.75, 3.05) is 11.9 Å². The number of para-hydroxylation sites is 1. The number of hydrogen-bond donors (Lipinski definition) is 0. The molecule has 0 aliphatic rings. The van der Waals surface area contributed by atoms with Gasteiger partial charge in [-0.25, -0.2) is 9.97 Å². The van der Waals surface area contributed by atoms with Gasteiger partial charge in [-0.05, 0) is 18.2 Å². The first-order valence-corrected chi connectivity index (χ1v) is 7.33. The van der Waals surface area contributed by atoms with E-state index in [0.717, 1.165) is 28.3 Å². The Bertz CT molecular complexity index is 788. The molecule has 0 atom stereocenters. The zero-order chi connectivity index (χ0) is 15.7. The molecule has 2 heterocycles. The van der Waals surface area contributed by atoms with E-state index in [4.69, 9.17) is 4.52 Å². The third kappa shape index (κ3) is 2.79. The van der Waals surface area contributed by atoms with E-state index in [1.54, 1.807) is 6.20 Å². The Morgan fingerprint density at radius 2 is 1.91 bits per heavy atom. The number of benzene rings is 1. The summed E-state index contributed by atoms with van der Waals surface area (Å²) in [5.74, 6) is 1.72. The number of rotatable bonds is 3. The molecule has 0 bridgehead atoms. The summed E-state index contributed by atoms with van der Waals surface area (Å²) in [6, 6.07) is 9.80. The Kier molecular flexibility index (Phi) is 3.56. The van der Waals surface area contributed by atoms with Gasteiger partial charge >= 0.3 is 0 Å². The maximum absolute atomic E-state index is 5.35. The summed E-state index contributed by atoms with van der Waals surface area (Å²) in [6.07, 6.45) is 1.81. The molecule has 1 aromatic carbocycles. The van der Waals surface area contributed by atoms with Crippen molar-refractivity contribution in [3.8, 4) is 0 Å². The van der Waals surface area contributed by atoms with Crippen molar-refractivity contribution in [2.45, 2.75) is 32.7 Å². The Balaban J connectivity index is 1.87. The predicted octanol–water partition coefficient (Wildman–Crippen LogP) is 3.55. The highest BCUT2D eigenvalue weighted by atomic mass is 16.5. The first-order chi connectivity index (χ1) is 10.4. The lowest BCUT2D eigenvalue weighted by molar-refractivity contribution is 0.445. The third-order valence-electron chi connectivity index (χ3n) is 3.54. The summed E-state index contributed by atoms with van der Waals surface area (Å²) in [5.41, 5.74) is 1.65. The quantitative estimate of drug-likeness (QED) is 0.739. The molecule has 0 amide bonds. The van der Waals surface area contributed by atoms with Crippen LogP contribution in [-0.2, 0) is 12.0 Å². The van der Waals surface area contributed by atoms with Crippen LogP contribution in [0.2, 0.25) is 0 Å². The molecule has 0 fully saturated rings. The van der Waals surface area contributed by atoms with Gasteiger partial charge in [0.2, 0.25) is 0 Å². The summed E-state index contributed by atoms with van der Waals surface area (Å²) in [6.45, 7) is 6.96. The molecule has 0 radical (unpaired) electrons. The molecule has 22 heavy (non-hydrogen) atoms. The highest BCUT2D eigenvalue weighted by molar-refractivity contribution is 5.79. The molecule has 0 unspecified atom stereocenters. The first-order valence-electron chi connectivity index (χ1n) is 7.33. The minimum atomic E-state index is -0.0720. The number of nitrogens with zero attached hydrogens (tertiary/aromatic N) is 4. The lowest BCUT2D eigenvalue weighted by Crippen LogP contribution is -2.22. The second-order valence-electron chi connectivity index (χ2n) is 6.47. The molecule has 0 saturated heterocycles. The largest absolute Gasteiger partial charge is 0.356 e. The normalized spacial score (nSPS) is 11.8. The monoisotopic (exact) mass is 296 g/mol. The van der Waals surface area contributed by atoms with E-state index in [9.17, 15) is 0 Å². The van der Waals surface area contributed by atoms with Crippen LogP contribution < -0.4 is 4.90 Å². The van der Waals surface area contributed by atoms with Crippen molar-refractivity contribution < 1.29 is 4.52 Å². The minimum absolute atomic E-state index is 0.0720. The Morgan fingerprint density at radius 1 is 1.14 bits per heavy atom. The summed E-state index contributed by atoms with van der Waals surface area (Å²) in [5, 5.41) is 5.21. The average Bonchev–Trinajstić information content (AvgIpc) is 2.90. The minimum Gasteiger partial charge on any atom is -0.356 e. The van der Waals surface area contributed by atoms with E-state index in [1.165, 1.54) is 0 Å². The SMILES string of the molecule is CN(Cc1noc2ccccc12)c1ccnc(C(C)(C)C)n1. The fraction of sp³-hybridized carbons (Fsp3) is 0.353. The number of anilines is 1. The van der Waals surface area contributed by atoms with Crippen molar-refractivity contribution in [1.29, 1.82) is 0 Å². The standard InChI is InChI=1S/C17H20N4O/c1-17(2,3)16-18-10-9-15(19-16)21(4)11-13-12-7-5-6-8-14(12)22-20-13/h5-10H,11H2,1-4H3. The van der Waals surface area contributed by atoms with Gasteiger partial charge in [0.25, 0.3) is 0 Å². The Morgan fingerprint density at radius 3 is 2.68 bits per heavy atom. The van der Waals surface area contributed by atoms with Gasteiger partial charge in [0.15, 0.2) is 5.58 Å². The molecule has 114 valence electrons. The van der Waals surface area contributed by atoms with E-state index in [1.807, 2.05) is 37.4 Å². The van der Waals surface area contributed by atoms with Crippen LogP contribution in [0.3, 0.4) is 0 Å². The first kappa shape index (κ1) is 14.5. The highest BCUT2D eigenvalue weighted by Gasteiger charge is 2.19. The maximum Gasteiger partial charge on any atom is 0.167 e. The summed E-state index contributed by atoms with van der Waals surface area (Å²) < 4.78 is 5.35. The van der Waals surface area contributed by atoms with Crippen molar-refractivity contribution in [2.24, 2.45) is 0 Å². The van der Waals surface area contributed by atoms with Crippen LogP contribution in [0, 0.1) is 0 Å². The smallest absolute Gasteiger partial charge is 0.167 e. The molecule has 0 aliphatic carbocycles. The van der Waals surface area contributed by atoms with Crippen molar-refractivity contribution >= 4 is 16.8 Å². The van der Waals surface area contributed by atoms with E-state index in [2.05, 4.69) is 40.8 Å². The van der Waals surface area contributed by atoms with Crippen LogP contribution in [0.15, 0.2) is 41.1 Å². The molecule has 3 rings (SSSR count). The van der Waals surface area contributed by atoms with Crippen LogP contribution in [0.1, 0.15) is 32.3 Å². The molecule has 5 heteroatoms. The van der Waals surface area contributed by atoms with Gasteiger partial charge in [-0.3, -0.25) is 0 Å². The molecule has 0 N–H and O–H groups in total. The molecule has 2 aromatic heterocycles. The number of aromatic nitrogens is 3. The lowest BCUT2D eigenvalue weighted by atomic mass is 9.96. The molecule has 0 aliphatic heterocycles. The van der Waals surface area contributed by atoms with Crippen LogP contribution >= 0.6 is 0 Å². The van der Waals surface area contributed by atoms with Gasteiger partial charge in [-0.1, -0.05) is 38.1 Å². The van der Waals surface area contributed by atoms with Gasteiger partial charge in [0.1, 0.15) is 17.3 Å². The molecular formula is C17H20N4O.